The van der Waals surface area contributed by atoms with Gasteiger partial charge in [0.2, 0.25) is 5.91 Å². The van der Waals surface area contributed by atoms with E-state index in [4.69, 9.17) is 5.11 Å². The highest BCUT2D eigenvalue weighted by atomic mass is 16.3. The Morgan fingerprint density at radius 2 is 2.20 bits per heavy atom. The van der Waals surface area contributed by atoms with Crippen LogP contribution in [0, 0.1) is 17.8 Å². The van der Waals surface area contributed by atoms with Crippen LogP contribution in [0.1, 0.15) is 32.1 Å². The summed E-state index contributed by atoms with van der Waals surface area (Å²) in [7, 11) is 0. The Morgan fingerprint density at radius 1 is 1.33 bits per heavy atom. The SMILES string of the molecule is O=C1CC(CO)CN1C1CC2CCC1C2. The van der Waals surface area contributed by atoms with E-state index < -0.39 is 0 Å². The van der Waals surface area contributed by atoms with Crippen LogP contribution in [0.25, 0.3) is 0 Å². The molecule has 1 aliphatic heterocycles. The van der Waals surface area contributed by atoms with E-state index >= 15 is 0 Å². The molecule has 3 nitrogen and oxygen atoms in total. The zero-order chi connectivity index (χ0) is 10.4. The first-order valence-electron chi connectivity index (χ1n) is 6.18. The van der Waals surface area contributed by atoms with Crippen LogP contribution in [0.4, 0.5) is 0 Å². The molecule has 4 atom stereocenters. The first-order valence-corrected chi connectivity index (χ1v) is 6.18. The Morgan fingerprint density at radius 3 is 2.73 bits per heavy atom. The molecule has 3 heteroatoms. The van der Waals surface area contributed by atoms with Gasteiger partial charge in [-0.05, 0) is 31.1 Å². The standard InChI is InChI=1S/C12H19NO2/c14-7-9-5-12(15)13(6-9)11-4-8-1-2-10(11)3-8/h8-11,14H,1-7H2. The van der Waals surface area contributed by atoms with Gasteiger partial charge in [0.1, 0.15) is 0 Å². The van der Waals surface area contributed by atoms with Crippen molar-refractivity contribution in [3.63, 3.8) is 0 Å². The van der Waals surface area contributed by atoms with Gasteiger partial charge in [0.05, 0.1) is 0 Å². The van der Waals surface area contributed by atoms with Crippen LogP contribution in [0.3, 0.4) is 0 Å². The lowest BCUT2D eigenvalue weighted by molar-refractivity contribution is -0.130. The zero-order valence-corrected chi connectivity index (χ0v) is 9.06. The van der Waals surface area contributed by atoms with Gasteiger partial charge < -0.3 is 10.0 Å². The first kappa shape index (κ1) is 9.64. The minimum absolute atomic E-state index is 0.170. The van der Waals surface area contributed by atoms with Gasteiger partial charge in [-0.3, -0.25) is 4.79 Å². The van der Waals surface area contributed by atoms with Crippen molar-refractivity contribution in [2.75, 3.05) is 13.2 Å². The third kappa shape index (κ3) is 1.48. The highest BCUT2D eigenvalue weighted by Gasteiger charge is 2.45. The lowest BCUT2D eigenvalue weighted by Gasteiger charge is -2.31. The highest BCUT2D eigenvalue weighted by molar-refractivity contribution is 5.79. The number of nitrogens with zero attached hydrogens (tertiary/aromatic N) is 1. The molecule has 1 amide bonds. The van der Waals surface area contributed by atoms with E-state index in [0.29, 0.717) is 12.5 Å². The molecule has 0 aromatic carbocycles. The summed E-state index contributed by atoms with van der Waals surface area (Å²) in [4.78, 5) is 13.9. The van der Waals surface area contributed by atoms with Crippen molar-refractivity contribution in [2.45, 2.75) is 38.1 Å². The summed E-state index contributed by atoms with van der Waals surface area (Å²) in [6.45, 7) is 0.978. The molecule has 3 rings (SSSR count). The van der Waals surface area contributed by atoms with Crippen molar-refractivity contribution in [2.24, 2.45) is 17.8 Å². The quantitative estimate of drug-likeness (QED) is 0.737. The molecule has 2 bridgehead atoms. The summed E-state index contributed by atoms with van der Waals surface area (Å²) in [5.41, 5.74) is 0. The first-order chi connectivity index (χ1) is 7.28. The third-order valence-corrected chi connectivity index (χ3v) is 4.60. The van der Waals surface area contributed by atoms with Gasteiger partial charge in [0.25, 0.3) is 0 Å². The number of carbonyl (C=O) groups is 1. The average molecular weight is 209 g/mol. The number of aliphatic hydroxyl groups excluding tert-OH is 1. The lowest BCUT2D eigenvalue weighted by Crippen LogP contribution is -2.40. The van der Waals surface area contributed by atoms with E-state index in [0.717, 1.165) is 18.4 Å². The fraction of sp³-hybridized carbons (Fsp3) is 0.917. The van der Waals surface area contributed by atoms with Crippen LogP contribution in [0.15, 0.2) is 0 Å². The van der Waals surface area contributed by atoms with Crippen LogP contribution < -0.4 is 0 Å². The molecule has 2 saturated carbocycles. The number of rotatable bonds is 2. The molecule has 4 unspecified atom stereocenters. The number of likely N-dealkylation sites (tertiary alicyclic amines) is 1. The van der Waals surface area contributed by atoms with Gasteiger partial charge in [-0.1, -0.05) is 6.42 Å². The lowest BCUT2D eigenvalue weighted by atomic mass is 9.94. The van der Waals surface area contributed by atoms with Crippen molar-refractivity contribution in [3.05, 3.63) is 0 Å². The molecule has 1 N–H and O–H groups in total. The summed E-state index contributed by atoms with van der Waals surface area (Å²) in [6, 6.07) is 0.521. The van der Waals surface area contributed by atoms with E-state index in [-0.39, 0.29) is 18.4 Å². The minimum Gasteiger partial charge on any atom is -0.396 e. The highest BCUT2D eigenvalue weighted by Crippen LogP contribution is 2.47. The summed E-state index contributed by atoms with van der Waals surface area (Å²) in [6.07, 6.45) is 5.85. The van der Waals surface area contributed by atoms with Crippen LogP contribution in [-0.2, 0) is 4.79 Å². The topological polar surface area (TPSA) is 40.5 Å². The van der Waals surface area contributed by atoms with Crippen molar-refractivity contribution in [3.8, 4) is 0 Å². The Balaban J connectivity index is 1.70. The molecule has 0 radical (unpaired) electrons. The van der Waals surface area contributed by atoms with Gasteiger partial charge in [-0.15, -0.1) is 0 Å². The number of hydrogen-bond acceptors (Lipinski definition) is 2. The van der Waals surface area contributed by atoms with Gasteiger partial charge in [-0.25, -0.2) is 0 Å². The van der Waals surface area contributed by atoms with E-state index in [2.05, 4.69) is 4.90 Å². The van der Waals surface area contributed by atoms with Crippen molar-refractivity contribution in [1.82, 2.24) is 4.90 Å². The minimum atomic E-state index is 0.170. The predicted octanol–water partition coefficient (Wildman–Crippen LogP) is 1.02. The molecule has 3 fully saturated rings. The third-order valence-electron chi connectivity index (χ3n) is 4.60. The second kappa shape index (κ2) is 3.48. The normalized spacial score (nSPS) is 44.3. The van der Waals surface area contributed by atoms with Gasteiger partial charge >= 0.3 is 0 Å². The van der Waals surface area contributed by atoms with Crippen LogP contribution >= 0.6 is 0 Å². The van der Waals surface area contributed by atoms with E-state index in [1.54, 1.807) is 0 Å². The van der Waals surface area contributed by atoms with Gasteiger partial charge in [-0.2, -0.15) is 0 Å². The van der Waals surface area contributed by atoms with Gasteiger partial charge in [0, 0.05) is 31.5 Å². The Hall–Kier alpha value is -0.570. The summed E-state index contributed by atoms with van der Waals surface area (Å²) in [5.74, 6) is 2.15. The fourth-order valence-corrected chi connectivity index (χ4v) is 3.84. The molecular formula is C12H19NO2. The molecule has 2 aliphatic carbocycles. The Bertz CT molecular complexity index is 279. The fourth-order valence-electron chi connectivity index (χ4n) is 3.84. The second-order valence-electron chi connectivity index (χ2n) is 5.54. The Kier molecular flexibility index (Phi) is 2.23. The van der Waals surface area contributed by atoms with Gasteiger partial charge in [0.15, 0.2) is 0 Å². The molecule has 0 aromatic rings. The maximum atomic E-state index is 11.8. The van der Waals surface area contributed by atoms with Crippen LogP contribution in [0.5, 0.6) is 0 Å². The predicted molar refractivity (Wildman–Crippen MR) is 56.1 cm³/mol. The summed E-state index contributed by atoms with van der Waals surface area (Å²) < 4.78 is 0. The molecule has 1 heterocycles. The summed E-state index contributed by atoms with van der Waals surface area (Å²) in [5, 5.41) is 9.10. The van der Waals surface area contributed by atoms with E-state index in [1.807, 2.05) is 0 Å². The molecule has 0 aromatic heterocycles. The molecule has 15 heavy (non-hydrogen) atoms. The number of amides is 1. The monoisotopic (exact) mass is 209 g/mol. The van der Waals surface area contributed by atoms with Crippen molar-refractivity contribution < 1.29 is 9.90 Å². The van der Waals surface area contributed by atoms with Crippen molar-refractivity contribution >= 4 is 5.91 Å². The molecule has 3 aliphatic rings. The molecule has 0 spiro atoms. The van der Waals surface area contributed by atoms with E-state index in [9.17, 15) is 4.79 Å². The maximum absolute atomic E-state index is 11.8. The Labute approximate surface area is 90.5 Å². The second-order valence-corrected chi connectivity index (χ2v) is 5.54. The molecule has 1 saturated heterocycles. The summed E-state index contributed by atoms with van der Waals surface area (Å²) >= 11 is 0. The zero-order valence-electron chi connectivity index (χ0n) is 9.06. The average Bonchev–Trinajstić information content (AvgIpc) is 2.90. The smallest absolute Gasteiger partial charge is 0.223 e. The van der Waals surface area contributed by atoms with Crippen LogP contribution in [0.2, 0.25) is 0 Å². The number of aliphatic hydroxyl groups is 1. The molecule has 84 valence electrons. The largest absolute Gasteiger partial charge is 0.396 e. The maximum Gasteiger partial charge on any atom is 0.223 e. The van der Waals surface area contributed by atoms with E-state index in [1.165, 1.54) is 25.7 Å². The van der Waals surface area contributed by atoms with Crippen LogP contribution in [-0.4, -0.2) is 35.1 Å². The number of fused-ring (bicyclic) bond motifs is 2. The van der Waals surface area contributed by atoms with Crippen molar-refractivity contribution in [1.29, 1.82) is 0 Å². The molecular weight excluding hydrogens is 190 g/mol. The number of hydrogen-bond donors (Lipinski definition) is 1. The number of carbonyl (C=O) groups excluding carboxylic acids is 1.